The molecular formula is C22H21F3N4O3. The average molecular weight is 446 g/mol. The molecule has 10 heteroatoms. The highest BCUT2D eigenvalue weighted by atomic mass is 19.4. The monoisotopic (exact) mass is 446 g/mol. The Hall–Kier alpha value is -3.14. The Kier molecular flexibility index (Phi) is 4.66. The second-order valence-electron chi connectivity index (χ2n) is 8.38. The summed E-state index contributed by atoms with van der Waals surface area (Å²) < 4.78 is 50.6. The van der Waals surface area contributed by atoms with E-state index in [9.17, 15) is 18.0 Å². The molecular weight excluding hydrogens is 425 g/mol. The number of benzene rings is 1. The number of halogens is 3. The minimum atomic E-state index is -4.60. The molecule has 2 aromatic heterocycles. The molecule has 0 bridgehead atoms. The number of rotatable bonds is 4. The summed E-state index contributed by atoms with van der Waals surface area (Å²) in [5, 5.41) is 0.360. The third-order valence-electron chi connectivity index (χ3n) is 6.33. The number of ether oxygens (including phenoxy) is 1. The number of amides is 1. The van der Waals surface area contributed by atoms with Crippen molar-refractivity contribution in [2.75, 3.05) is 20.2 Å². The number of carbonyl (C=O) groups excluding carboxylic acids is 1. The van der Waals surface area contributed by atoms with Crippen molar-refractivity contribution in [1.29, 1.82) is 0 Å². The molecule has 3 aromatic rings. The Bertz CT molecular complexity index is 1220. The number of oxazole rings is 1. The summed E-state index contributed by atoms with van der Waals surface area (Å²) in [7, 11) is 1.35. The Balaban J connectivity index is 1.57. The molecule has 0 atom stereocenters. The van der Waals surface area contributed by atoms with Gasteiger partial charge in [-0.3, -0.25) is 4.79 Å². The first-order valence-electron chi connectivity index (χ1n) is 10.3. The summed E-state index contributed by atoms with van der Waals surface area (Å²) in [6.45, 7) is 1.34. The van der Waals surface area contributed by atoms with Crippen LogP contribution >= 0.6 is 0 Å². The van der Waals surface area contributed by atoms with Crippen LogP contribution in [0.3, 0.4) is 0 Å². The minimum Gasteiger partial charge on any atom is -0.494 e. The Morgan fingerprint density at radius 2 is 2.00 bits per heavy atom. The fourth-order valence-corrected chi connectivity index (χ4v) is 4.32. The zero-order valence-electron chi connectivity index (χ0n) is 17.3. The second kappa shape index (κ2) is 7.19. The quantitative estimate of drug-likeness (QED) is 0.651. The number of aromatic nitrogens is 2. The molecule has 1 aliphatic carbocycles. The molecule has 32 heavy (non-hydrogen) atoms. The maximum absolute atomic E-state index is 13.2. The van der Waals surface area contributed by atoms with Crippen molar-refractivity contribution in [3.05, 3.63) is 41.4 Å². The Labute approximate surface area is 181 Å². The van der Waals surface area contributed by atoms with E-state index in [2.05, 4.69) is 9.97 Å². The van der Waals surface area contributed by atoms with Crippen molar-refractivity contribution in [3.63, 3.8) is 0 Å². The molecule has 1 aromatic carbocycles. The molecule has 1 saturated heterocycles. The molecule has 0 unspecified atom stereocenters. The molecule has 2 fully saturated rings. The van der Waals surface area contributed by atoms with Crippen LogP contribution in [-0.2, 0) is 12.7 Å². The number of methoxy groups -OCH3 is 1. The highest BCUT2D eigenvalue weighted by Crippen LogP contribution is 2.52. The van der Waals surface area contributed by atoms with E-state index in [1.807, 2.05) is 0 Å². The van der Waals surface area contributed by atoms with E-state index in [1.165, 1.54) is 19.2 Å². The van der Waals surface area contributed by atoms with E-state index in [0.717, 1.165) is 25.3 Å². The van der Waals surface area contributed by atoms with Crippen molar-refractivity contribution in [1.82, 2.24) is 14.9 Å². The fourth-order valence-electron chi connectivity index (χ4n) is 4.32. The molecule has 168 valence electrons. The van der Waals surface area contributed by atoms with Gasteiger partial charge in [-0.1, -0.05) is 0 Å². The number of carbonyl (C=O) groups is 1. The lowest BCUT2D eigenvalue weighted by atomic mass is 10.1. The van der Waals surface area contributed by atoms with Crippen LogP contribution in [0.4, 0.5) is 13.2 Å². The highest BCUT2D eigenvalue weighted by molar-refractivity contribution is 5.98. The zero-order chi connectivity index (χ0) is 22.7. The van der Waals surface area contributed by atoms with Gasteiger partial charge in [0, 0.05) is 24.0 Å². The summed E-state index contributed by atoms with van der Waals surface area (Å²) >= 11 is 0. The number of hydrogen-bond donors (Lipinski definition) is 1. The third kappa shape index (κ3) is 3.38. The van der Waals surface area contributed by atoms with Gasteiger partial charge in [-0.2, -0.15) is 13.2 Å². The number of nitrogens with zero attached hydrogens (tertiary/aromatic N) is 3. The first-order chi connectivity index (χ1) is 15.2. The molecule has 7 nitrogen and oxygen atoms in total. The molecule has 1 saturated carbocycles. The summed E-state index contributed by atoms with van der Waals surface area (Å²) in [5.74, 6) is 0.289. The minimum absolute atomic E-state index is 0.0235. The van der Waals surface area contributed by atoms with Crippen molar-refractivity contribution in [2.24, 2.45) is 11.1 Å². The van der Waals surface area contributed by atoms with Gasteiger partial charge < -0.3 is 19.8 Å². The molecule has 1 spiro atoms. The molecule has 1 amide bonds. The third-order valence-corrected chi connectivity index (χ3v) is 6.33. The molecule has 5 rings (SSSR count). The van der Waals surface area contributed by atoms with Gasteiger partial charge in [0.1, 0.15) is 17.0 Å². The summed E-state index contributed by atoms with van der Waals surface area (Å²) in [4.78, 5) is 23.0. The Morgan fingerprint density at radius 1 is 1.22 bits per heavy atom. The summed E-state index contributed by atoms with van der Waals surface area (Å²) in [6, 6.07) is 5.30. The van der Waals surface area contributed by atoms with Crippen LogP contribution in [0.1, 0.15) is 41.2 Å². The van der Waals surface area contributed by atoms with Gasteiger partial charge in [-0.25, -0.2) is 9.97 Å². The molecule has 2 aliphatic rings. The van der Waals surface area contributed by atoms with E-state index < -0.39 is 11.9 Å². The summed E-state index contributed by atoms with van der Waals surface area (Å²) in [6.07, 6.45) is -1.35. The fraction of sp³-hybridized carbons (Fsp3) is 0.409. The van der Waals surface area contributed by atoms with Crippen LogP contribution in [0.25, 0.3) is 22.4 Å². The van der Waals surface area contributed by atoms with E-state index in [0.29, 0.717) is 24.0 Å². The van der Waals surface area contributed by atoms with Gasteiger partial charge in [0.15, 0.2) is 11.5 Å². The summed E-state index contributed by atoms with van der Waals surface area (Å²) in [5.41, 5.74) is 5.60. The van der Waals surface area contributed by atoms with E-state index in [4.69, 9.17) is 14.9 Å². The average Bonchev–Trinajstić information content (AvgIpc) is 3.20. The highest BCUT2D eigenvalue weighted by Gasteiger charge is 2.49. The van der Waals surface area contributed by atoms with E-state index in [1.54, 1.807) is 11.0 Å². The molecule has 3 heterocycles. The first-order valence-corrected chi connectivity index (χ1v) is 10.3. The van der Waals surface area contributed by atoms with Gasteiger partial charge in [-0.05, 0) is 48.9 Å². The van der Waals surface area contributed by atoms with Crippen molar-refractivity contribution in [2.45, 2.75) is 32.0 Å². The normalized spacial score (nSPS) is 17.3. The maximum Gasteiger partial charge on any atom is 0.433 e. The number of pyridine rings is 1. The van der Waals surface area contributed by atoms with Crippen molar-refractivity contribution in [3.8, 4) is 17.2 Å². The number of fused-ring (bicyclic) bond motifs is 1. The number of nitrogens with two attached hydrogens (primary N) is 1. The zero-order valence-corrected chi connectivity index (χ0v) is 17.3. The predicted octanol–water partition coefficient (Wildman–Crippen LogP) is 4.00. The lowest BCUT2D eigenvalue weighted by Crippen LogP contribution is -2.30. The first kappa shape index (κ1) is 20.7. The van der Waals surface area contributed by atoms with Gasteiger partial charge in [0.25, 0.3) is 5.91 Å². The largest absolute Gasteiger partial charge is 0.494 e. The van der Waals surface area contributed by atoms with Crippen molar-refractivity contribution < 1.29 is 27.1 Å². The molecule has 1 aliphatic heterocycles. The van der Waals surface area contributed by atoms with Gasteiger partial charge >= 0.3 is 6.18 Å². The molecule has 2 N–H and O–H groups in total. The topological polar surface area (TPSA) is 94.5 Å². The van der Waals surface area contributed by atoms with Crippen LogP contribution in [-0.4, -0.2) is 41.0 Å². The predicted molar refractivity (Wildman–Crippen MR) is 109 cm³/mol. The lowest BCUT2D eigenvalue weighted by molar-refractivity contribution is -0.140. The van der Waals surface area contributed by atoms with Crippen LogP contribution in [0.2, 0.25) is 0 Å². The van der Waals surface area contributed by atoms with Crippen molar-refractivity contribution >= 4 is 16.8 Å². The van der Waals surface area contributed by atoms with E-state index >= 15 is 0 Å². The number of hydrogen-bond acceptors (Lipinski definition) is 6. The van der Waals surface area contributed by atoms with Crippen LogP contribution < -0.4 is 10.5 Å². The van der Waals surface area contributed by atoms with Crippen LogP contribution in [0, 0.1) is 5.41 Å². The van der Waals surface area contributed by atoms with Crippen LogP contribution in [0.15, 0.2) is 28.7 Å². The maximum atomic E-state index is 13.2. The Morgan fingerprint density at radius 3 is 2.62 bits per heavy atom. The lowest BCUT2D eigenvalue weighted by Gasteiger charge is -2.15. The van der Waals surface area contributed by atoms with Gasteiger partial charge in [-0.15, -0.1) is 0 Å². The second-order valence-corrected chi connectivity index (χ2v) is 8.38. The number of likely N-dealkylation sites (tertiary alicyclic amines) is 1. The smallest absolute Gasteiger partial charge is 0.433 e. The number of alkyl halides is 3. The van der Waals surface area contributed by atoms with Crippen LogP contribution in [0.5, 0.6) is 5.75 Å². The van der Waals surface area contributed by atoms with Gasteiger partial charge in [0.2, 0.25) is 5.89 Å². The SMILES string of the molecule is COc1ccc(-c2nc(C(=O)N3CCC4(CC4)C3)c(CN)o2)c2ccc(C(F)(F)F)nc12. The molecule has 0 radical (unpaired) electrons. The van der Waals surface area contributed by atoms with Gasteiger partial charge in [0.05, 0.1) is 13.7 Å². The van der Waals surface area contributed by atoms with E-state index in [-0.39, 0.29) is 46.5 Å². The standard InChI is InChI=1S/C22H21F3N4O3/c1-31-14-4-2-13(12-3-5-16(22(23,24)25)27-17(12)14)19-28-18(15(10-26)32-19)20(30)29-9-8-21(11-29)6-7-21/h2-5H,6-11,26H2,1H3.